The average Bonchev–Trinajstić information content (AvgIpc) is 3.04. The molecule has 1 saturated carbocycles. The van der Waals surface area contributed by atoms with Crippen LogP contribution in [0.25, 0.3) is 5.65 Å². The molecule has 0 saturated heterocycles. The Morgan fingerprint density at radius 3 is 2.89 bits per heavy atom. The van der Waals surface area contributed by atoms with Crippen LogP contribution in [0.15, 0.2) is 24.4 Å². The van der Waals surface area contributed by atoms with E-state index in [9.17, 15) is 4.79 Å². The molecule has 2 heterocycles. The van der Waals surface area contributed by atoms with E-state index in [4.69, 9.17) is 0 Å². The number of nitrogens with zero attached hydrogens (tertiary/aromatic N) is 3. The molecule has 2 aromatic heterocycles. The standard InChI is InChI=1S/C14H17N3O/c1-16(11-6-2-3-7-11)14-12(10-18)17-9-5-4-8-13(17)15-14/h4-5,8-11H,2-3,6-7H2,1H3. The van der Waals surface area contributed by atoms with Crippen molar-refractivity contribution in [2.75, 3.05) is 11.9 Å². The first-order valence-electron chi connectivity index (χ1n) is 6.46. The van der Waals surface area contributed by atoms with Gasteiger partial charge in [-0.15, -0.1) is 0 Å². The van der Waals surface area contributed by atoms with Gasteiger partial charge in [-0.3, -0.25) is 9.20 Å². The molecule has 1 fully saturated rings. The van der Waals surface area contributed by atoms with Crippen LogP contribution in [0.5, 0.6) is 0 Å². The Hall–Kier alpha value is -1.84. The number of anilines is 1. The lowest BCUT2D eigenvalue weighted by Gasteiger charge is -2.24. The van der Waals surface area contributed by atoms with Crippen molar-refractivity contribution in [3.8, 4) is 0 Å². The maximum Gasteiger partial charge on any atom is 0.170 e. The van der Waals surface area contributed by atoms with Crippen molar-refractivity contribution in [2.45, 2.75) is 31.7 Å². The molecule has 4 nitrogen and oxygen atoms in total. The van der Waals surface area contributed by atoms with E-state index >= 15 is 0 Å². The molecule has 0 unspecified atom stereocenters. The van der Waals surface area contributed by atoms with Crippen molar-refractivity contribution in [3.63, 3.8) is 0 Å². The molecular weight excluding hydrogens is 226 g/mol. The maximum absolute atomic E-state index is 11.3. The van der Waals surface area contributed by atoms with Gasteiger partial charge >= 0.3 is 0 Å². The number of aromatic nitrogens is 2. The zero-order valence-electron chi connectivity index (χ0n) is 10.5. The lowest BCUT2D eigenvalue weighted by molar-refractivity contribution is 0.111. The number of carbonyl (C=O) groups is 1. The maximum atomic E-state index is 11.3. The molecule has 0 radical (unpaired) electrons. The second-order valence-electron chi connectivity index (χ2n) is 4.92. The van der Waals surface area contributed by atoms with Crippen LogP contribution in [0.1, 0.15) is 36.2 Å². The molecule has 0 atom stereocenters. The monoisotopic (exact) mass is 243 g/mol. The average molecular weight is 243 g/mol. The summed E-state index contributed by atoms with van der Waals surface area (Å²) in [6, 6.07) is 6.31. The molecule has 1 aliphatic carbocycles. The van der Waals surface area contributed by atoms with Crippen molar-refractivity contribution >= 4 is 17.8 Å². The van der Waals surface area contributed by atoms with Gasteiger partial charge in [0.2, 0.25) is 0 Å². The number of aldehydes is 1. The summed E-state index contributed by atoms with van der Waals surface area (Å²) in [6.45, 7) is 0. The predicted molar refractivity (Wildman–Crippen MR) is 71.2 cm³/mol. The first-order chi connectivity index (χ1) is 8.81. The molecule has 0 bridgehead atoms. The number of rotatable bonds is 3. The molecule has 0 spiro atoms. The third kappa shape index (κ3) is 1.68. The van der Waals surface area contributed by atoms with Gasteiger partial charge in [0.05, 0.1) is 0 Å². The molecule has 0 aromatic carbocycles. The van der Waals surface area contributed by atoms with Crippen LogP contribution < -0.4 is 4.90 Å². The Bertz CT molecular complexity index is 569. The quantitative estimate of drug-likeness (QED) is 0.777. The molecule has 94 valence electrons. The van der Waals surface area contributed by atoms with Gasteiger partial charge in [-0.2, -0.15) is 0 Å². The third-order valence-corrected chi connectivity index (χ3v) is 3.87. The van der Waals surface area contributed by atoms with E-state index in [1.807, 2.05) is 35.8 Å². The Kier molecular flexibility index (Phi) is 2.78. The third-order valence-electron chi connectivity index (χ3n) is 3.87. The highest BCUT2D eigenvalue weighted by atomic mass is 16.1. The van der Waals surface area contributed by atoms with Gasteiger partial charge in [0.1, 0.15) is 11.3 Å². The van der Waals surface area contributed by atoms with E-state index in [-0.39, 0.29) is 0 Å². The molecule has 0 aliphatic heterocycles. The highest BCUT2D eigenvalue weighted by Crippen LogP contribution is 2.28. The van der Waals surface area contributed by atoms with E-state index < -0.39 is 0 Å². The summed E-state index contributed by atoms with van der Waals surface area (Å²) in [5, 5.41) is 0. The second kappa shape index (κ2) is 4.44. The molecule has 1 aliphatic rings. The van der Waals surface area contributed by atoms with Crippen LogP contribution >= 0.6 is 0 Å². The van der Waals surface area contributed by atoms with Crippen LogP contribution in [0.2, 0.25) is 0 Å². The number of pyridine rings is 1. The van der Waals surface area contributed by atoms with Gasteiger partial charge in [-0.05, 0) is 25.0 Å². The Morgan fingerprint density at radius 2 is 2.17 bits per heavy atom. The van der Waals surface area contributed by atoms with Crippen LogP contribution in [0.3, 0.4) is 0 Å². The van der Waals surface area contributed by atoms with E-state index in [1.54, 1.807) is 0 Å². The summed E-state index contributed by atoms with van der Waals surface area (Å²) < 4.78 is 1.85. The molecule has 4 heteroatoms. The summed E-state index contributed by atoms with van der Waals surface area (Å²) >= 11 is 0. The lowest BCUT2D eigenvalue weighted by Crippen LogP contribution is -2.29. The van der Waals surface area contributed by atoms with Gasteiger partial charge in [-0.1, -0.05) is 18.9 Å². The van der Waals surface area contributed by atoms with Crippen LogP contribution in [0.4, 0.5) is 5.82 Å². The first kappa shape index (κ1) is 11.3. The molecule has 18 heavy (non-hydrogen) atoms. The highest BCUT2D eigenvalue weighted by Gasteiger charge is 2.24. The fourth-order valence-corrected chi connectivity index (χ4v) is 2.84. The number of hydrogen-bond donors (Lipinski definition) is 0. The highest BCUT2D eigenvalue weighted by molar-refractivity contribution is 5.83. The SMILES string of the molecule is CN(c1nc2ccccn2c1C=O)C1CCCC1. The minimum atomic E-state index is 0.522. The number of carbonyl (C=O) groups excluding carboxylic acids is 1. The van der Waals surface area contributed by atoms with E-state index in [2.05, 4.69) is 9.88 Å². The number of imidazole rings is 1. The molecule has 0 amide bonds. The van der Waals surface area contributed by atoms with Crippen LogP contribution in [0, 0.1) is 0 Å². The zero-order valence-corrected chi connectivity index (χ0v) is 10.5. The van der Waals surface area contributed by atoms with Crippen LogP contribution in [-0.4, -0.2) is 28.8 Å². The van der Waals surface area contributed by atoms with E-state index in [0.29, 0.717) is 11.7 Å². The second-order valence-corrected chi connectivity index (χ2v) is 4.92. The molecule has 2 aromatic rings. The first-order valence-corrected chi connectivity index (χ1v) is 6.46. The van der Waals surface area contributed by atoms with Gasteiger partial charge in [0.15, 0.2) is 12.1 Å². The predicted octanol–water partition coefficient (Wildman–Crippen LogP) is 2.53. The Morgan fingerprint density at radius 1 is 1.39 bits per heavy atom. The topological polar surface area (TPSA) is 37.6 Å². The molecule has 0 N–H and O–H groups in total. The van der Waals surface area contributed by atoms with Gasteiger partial charge in [-0.25, -0.2) is 4.98 Å². The van der Waals surface area contributed by atoms with Crippen molar-refractivity contribution in [1.82, 2.24) is 9.38 Å². The van der Waals surface area contributed by atoms with Crippen LogP contribution in [-0.2, 0) is 0 Å². The molecule has 3 rings (SSSR count). The minimum absolute atomic E-state index is 0.522. The molecular formula is C14H17N3O. The smallest absolute Gasteiger partial charge is 0.170 e. The fourth-order valence-electron chi connectivity index (χ4n) is 2.84. The largest absolute Gasteiger partial charge is 0.355 e. The Balaban J connectivity index is 2.07. The van der Waals surface area contributed by atoms with E-state index in [0.717, 1.165) is 17.8 Å². The summed E-state index contributed by atoms with van der Waals surface area (Å²) in [7, 11) is 2.05. The van der Waals surface area contributed by atoms with E-state index in [1.165, 1.54) is 25.7 Å². The summed E-state index contributed by atoms with van der Waals surface area (Å²) in [5.74, 6) is 0.808. The zero-order chi connectivity index (χ0) is 12.5. The van der Waals surface area contributed by atoms with Crippen molar-refractivity contribution in [1.29, 1.82) is 0 Å². The van der Waals surface area contributed by atoms with Gasteiger partial charge in [0.25, 0.3) is 0 Å². The van der Waals surface area contributed by atoms with Crippen molar-refractivity contribution < 1.29 is 4.79 Å². The van der Waals surface area contributed by atoms with Gasteiger partial charge < -0.3 is 4.90 Å². The normalized spacial score (nSPS) is 16.3. The van der Waals surface area contributed by atoms with Crippen molar-refractivity contribution in [3.05, 3.63) is 30.1 Å². The summed E-state index contributed by atoms with van der Waals surface area (Å²) in [4.78, 5) is 18.1. The van der Waals surface area contributed by atoms with Crippen molar-refractivity contribution in [2.24, 2.45) is 0 Å². The minimum Gasteiger partial charge on any atom is -0.355 e. The number of hydrogen-bond acceptors (Lipinski definition) is 3. The number of fused-ring (bicyclic) bond motifs is 1. The van der Waals surface area contributed by atoms with Gasteiger partial charge in [0, 0.05) is 19.3 Å². The Labute approximate surface area is 106 Å². The summed E-state index contributed by atoms with van der Waals surface area (Å²) in [6.07, 6.45) is 7.74. The fraction of sp³-hybridized carbons (Fsp3) is 0.429. The lowest BCUT2D eigenvalue weighted by atomic mass is 10.2. The summed E-state index contributed by atoms with van der Waals surface area (Å²) in [5.41, 5.74) is 1.49.